The van der Waals surface area contributed by atoms with Crippen LogP contribution in [0.15, 0.2) is 120 Å². The average Bonchev–Trinajstić information content (AvgIpc) is 3.27. The molecule has 1 amide bonds. The van der Waals surface area contributed by atoms with Gasteiger partial charge in [-0.15, -0.1) is 4.68 Å². The molecule has 166 valence electrons. The Balaban J connectivity index is 1.55. The number of hydrogen-bond donors (Lipinski definition) is 0. The van der Waals surface area contributed by atoms with Crippen LogP contribution in [0.2, 0.25) is 0 Å². The van der Waals surface area contributed by atoms with E-state index in [-0.39, 0.29) is 0 Å². The fraction of sp³-hybridized carbons (Fsp3) is 0. The van der Waals surface area contributed by atoms with Crippen molar-refractivity contribution >= 4 is 17.4 Å². The van der Waals surface area contributed by atoms with Crippen LogP contribution in [0.1, 0.15) is 0 Å². The molecule has 5 aromatic rings. The van der Waals surface area contributed by atoms with Gasteiger partial charge in [-0.2, -0.15) is 4.68 Å². The number of benzene rings is 4. The number of nitrogens with zero attached hydrogens (tertiary/aromatic N) is 5. The third kappa shape index (κ3) is 4.07. The molecule has 8 nitrogen and oxygen atoms in total. The molecular weight excluding hydrogens is 430 g/mol. The van der Waals surface area contributed by atoms with Crippen molar-refractivity contribution in [1.82, 2.24) is 19.8 Å². The first-order valence-electron chi connectivity index (χ1n) is 10.5. The summed E-state index contributed by atoms with van der Waals surface area (Å²) >= 11 is 0. The predicted molar refractivity (Wildman–Crippen MR) is 128 cm³/mol. The van der Waals surface area contributed by atoms with Gasteiger partial charge >= 0.3 is 11.7 Å². The van der Waals surface area contributed by atoms with Gasteiger partial charge < -0.3 is 4.74 Å². The van der Waals surface area contributed by atoms with E-state index in [1.54, 1.807) is 60.7 Å². The van der Waals surface area contributed by atoms with E-state index in [9.17, 15) is 9.59 Å². The molecule has 34 heavy (non-hydrogen) atoms. The van der Waals surface area contributed by atoms with E-state index in [0.29, 0.717) is 28.6 Å². The zero-order valence-electron chi connectivity index (χ0n) is 17.9. The van der Waals surface area contributed by atoms with Gasteiger partial charge in [0.1, 0.15) is 11.4 Å². The Morgan fingerprint density at radius 3 is 1.82 bits per heavy atom. The number of tetrazole rings is 1. The molecule has 0 fully saturated rings. The lowest BCUT2D eigenvalue weighted by Gasteiger charge is -2.21. The first kappa shape index (κ1) is 20.9. The molecule has 0 saturated heterocycles. The summed E-state index contributed by atoms with van der Waals surface area (Å²) in [4.78, 5) is 28.2. The maximum atomic E-state index is 13.5. The number of hydrogen-bond acceptors (Lipinski definition) is 5. The Hall–Kier alpha value is -4.98. The molecule has 0 aliphatic carbocycles. The highest BCUT2D eigenvalue weighted by Crippen LogP contribution is 2.27. The summed E-state index contributed by atoms with van der Waals surface area (Å²) in [6.07, 6.45) is 0. The smallest absolute Gasteiger partial charge is 0.377 e. The highest BCUT2D eigenvalue weighted by molar-refractivity contribution is 6.00. The summed E-state index contributed by atoms with van der Waals surface area (Å²) in [5.74, 6) is 1.00. The van der Waals surface area contributed by atoms with E-state index in [1.807, 2.05) is 54.6 Å². The number of para-hydroxylation sites is 5. The SMILES string of the molecule is O=C(N(c1ccccc1)c1ccccc1)n1nnn(-c2ccccc2Oc2ccccc2)c1=O. The van der Waals surface area contributed by atoms with Crippen LogP contribution in [-0.2, 0) is 0 Å². The Labute approximate surface area is 194 Å². The summed E-state index contributed by atoms with van der Waals surface area (Å²) < 4.78 is 7.72. The van der Waals surface area contributed by atoms with Gasteiger partial charge in [0.2, 0.25) is 0 Å². The lowest BCUT2D eigenvalue weighted by atomic mass is 10.2. The second-order valence-corrected chi connectivity index (χ2v) is 7.26. The van der Waals surface area contributed by atoms with Gasteiger partial charge in [-0.1, -0.05) is 66.7 Å². The van der Waals surface area contributed by atoms with Gasteiger partial charge in [0.05, 0.1) is 11.4 Å². The maximum Gasteiger partial charge on any atom is 0.377 e. The van der Waals surface area contributed by atoms with E-state index in [4.69, 9.17) is 4.74 Å². The zero-order chi connectivity index (χ0) is 23.3. The molecule has 8 heteroatoms. The van der Waals surface area contributed by atoms with Crippen molar-refractivity contribution in [3.8, 4) is 17.2 Å². The van der Waals surface area contributed by atoms with Crippen molar-refractivity contribution in [3.63, 3.8) is 0 Å². The molecule has 0 unspecified atom stereocenters. The van der Waals surface area contributed by atoms with Gasteiger partial charge in [-0.05, 0) is 59.0 Å². The summed E-state index contributed by atoms with van der Waals surface area (Å²) in [6.45, 7) is 0. The number of rotatable bonds is 5. The van der Waals surface area contributed by atoms with Crippen LogP contribution < -0.4 is 15.3 Å². The Morgan fingerprint density at radius 1 is 0.676 bits per heavy atom. The van der Waals surface area contributed by atoms with Crippen LogP contribution in [0.3, 0.4) is 0 Å². The Morgan fingerprint density at radius 2 is 1.21 bits per heavy atom. The van der Waals surface area contributed by atoms with Gasteiger partial charge in [-0.3, -0.25) is 4.90 Å². The lowest BCUT2D eigenvalue weighted by Crippen LogP contribution is -2.38. The number of anilines is 2. The molecule has 0 aliphatic heterocycles. The van der Waals surface area contributed by atoms with Crippen molar-refractivity contribution in [2.45, 2.75) is 0 Å². The quantitative estimate of drug-likeness (QED) is 0.352. The second-order valence-electron chi connectivity index (χ2n) is 7.26. The molecule has 1 aromatic heterocycles. The van der Waals surface area contributed by atoms with E-state index >= 15 is 0 Å². The fourth-order valence-electron chi connectivity index (χ4n) is 3.47. The van der Waals surface area contributed by atoms with E-state index in [1.165, 1.54) is 4.90 Å². The minimum absolute atomic E-state index is 0.362. The molecule has 0 atom stereocenters. The number of aromatic nitrogens is 4. The van der Waals surface area contributed by atoms with Crippen molar-refractivity contribution in [2.75, 3.05) is 4.90 Å². The first-order valence-corrected chi connectivity index (χ1v) is 10.5. The molecule has 4 aromatic carbocycles. The standard InChI is InChI=1S/C26H19N5O3/c32-25(29(20-12-4-1-5-13-20)21-14-6-2-7-15-21)31-26(33)30(27-28-31)23-18-10-11-19-24(23)34-22-16-8-3-9-17-22/h1-19H. The van der Waals surface area contributed by atoms with E-state index < -0.39 is 11.7 Å². The van der Waals surface area contributed by atoms with Crippen molar-refractivity contribution in [3.05, 3.63) is 126 Å². The number of ether oxygens (including phenoxy) is 1. The molecule has 5 rings (SSSR count). The predicted octanol–water partition coefficient (Wildman–Crippen LogP) is 5.03. The molecule has 0 radical (unpaired) electrons. The van der Waals surface area contributed by atoms with Crippen LogP contribution in [-0.4, -0.2) is 25.8 Å². The van der Waals surface area contributed by atoms with E-state index in [0.717, 1.165) is 9.36 Å². The molecule has 0 spiro atoms. The Bertz CT molecular complexity index is 1430. The third-order valence-corrected chi connectivity index (χ3v) is 5.05. The van der Waals surface area contributed by atoms with Crippen LogP contribution in [0, 0.1) is 0 Å². The van der Waals surface area contributed by atoms with Crippen LogP contribution in [0.25, 0.3) is 5.69 Å². The second kappa shape index (κ2) is 9.25. The monoisotopic (exact) mass is 449 g/mol. The number of amides is 1. The molecular formula is C26H19N5O3. The molecule has 0 N–H and O–H groups in total. The van der Waals surface area contributed by atoms with Gasteiger partial charge in [0, 0.05) is 0 Å². The topological polar surface area (TPSA) is 82.2 Å². The number of carbonyl (C=O) groups is 1. The minimum atomic E-state index is -0.717. The lowest BCUT2D eigenvalue weighted by molar-refractivity contribution is 0.246. The largest absolute Gasteiger partial charge is 0.455 e. The highest BCUT2D eigenvalue weighted by atomic mass is 16.5. The normalized spacial score (nSPS) is 10.6. The van der Waals surface area contributed by atoms with Crippen LogP contribution in [0.5, 0.6) is 11.5 Å². The van der Waals surface area contributed by atoms with Crippen molar-refractivity contribution in [1.29, 1.82) is 0 Å². The maximum absolute atomic E-state index is 13.5. The van der Waals surface area contributed by atoms with Crippen LogP contribution in [0.4, 0.5) is 16.2 Å². The van der Waals surface area contributed by atoms with Crippen molar-refractivity contribution < 1.29 is 9.53 Å². The summed E-state index contributed by atoms with van der Waals surface area (Å²) in [5, 5.41) is 7.85. The average molecular weight is 449 g/mol. The first-order chi connectivity index (χ1) is 16.7. The molecule has 1 heterocycles. The van der Waals surface area contributed by atoms with E-state index in [2.05, 4.69) is 10.4 Å². The minimum Gasteiger partial charge on any atom is -0.455 e. The summed E-state index contributed by atoms with van der Waals surface area (Å²) in [5.41, 5.74) is 0.827. The van der Waals surface area contributed by atoms with Crippen molar-refractivity contribution in [2.24, 2.45) is 0 Å². The fourth-order valence-corrected chi connectivity index (χ4v) is 3.47. The zero-order valence-corrected chi connectivity index (χ0v) is 17.9. The van der Waals surface area contributed by atoms with Crippen LogP contribution >= 0.6 is 0 Å². The molecule has 0 saturated carbocycles. The van der Waals surface area contributed by atoms with Gasteiger partial charge in [0.25, 0.3) is 0 Å². The molecule has 0 aliphatic rings. The van der Waals surface area contributed by atoms with Gasteiger partial charge in [-0.25, -0.2) is 9.59 Å². The summed E-state index contributed by atoms with van der Waals surface area (Å²) in [7, 11) is 0. The third-order valence-electron chi connectivity index (χ3n) is 5.05. The highest BCUT2D eigenvalue weighted by Gasteiger charge is 2.25. The summed E-state index contributed by atoms with van der Waals surface area (Å²) in [6, 6.07) is 33.5. The van der Waals surface area contributed by atoms with Gasteiger partial charge in [0.15, 0.2) is 5.75 Å². The Kier molecular flexibility index (Phi) is 5.69. The molecule has 0 bridgehead atoms. The number of carbonyl (C=O) groups excluding carboxylic acids is 1.